The van der Waals surface area contributed by atoms with Crippen LogP contribution in [0.2, 0.25) is 0 Å². The molecule has 1 saturated carbocycles. The summed E-state index contributed by atoms with van der Waals surface area (Å²) < 4.78 is 11.7. The maximum atomic E-state index is 9.72. The Hall–Kier alpha value is -1.26. The van der Waals surface area contributed by atoms with Gasteiger partial charge in [-0.15, -0.1) is 0 Å². The first kappa shape index (κ1) is 22.0. The van der Waals surface area contributed by atoms with Gasteiger partial charge in [0.2, 0.25) is 0 Å². The van der Waals surface area contributed by atoms with E-state index in [0.717, 1.165) is 43.1 Å². The van der Waals surface area contributed by atoms with Crippen LogP contribution in [0.5, 0.6) is 11.5 Å². The molecule has 1 aromatic carbocycles. The lowest BCUT2D eigenvalue weighted by Gasteiger charge is -2.27. The van der Waals surface area contributed by atoms with E-state index in [1.807, 2.05) is 12.1 Å². The summed E-state index contributed by atoms with van der Waals surface area (Å²) in [6.45, 7) is 6.68. The van der Waals surface area contributed by atoms with Crippen molar-refractivity contribution in [1.29, 1.82) is 0 Å². The van der Waals surface area contributed by atoms with Crippen molar-refractivity contribution in [2.24, 2.45) is 17.6 Å². The second-order valence-corrected chi connectivity index (χ2v) is 8.91. The van der Waals surface area contributed by atoms with Gasteiger partial charge >= 0.3 is 0 Å². The van der Waals surface area contributed by atoms with Gasteiger partial charge in [-0.3, -0.25) is 0 Å². The van der Waals surface area contributed by atoms with Gasteiger partial charge < -0.3 is 20.3 Å². The summed E-state index contributed by atoms with van der Waals surface area (Å²) in [6, 6.07) is 6.14. The van der Waals surface area contributed by atoms with E-state index < -0.39 is 5.54 Å². The first-order chi connectivity index (χ1) is 12.8. The van der Waals surface area contributed by atoms with Crippen molar-refractivity contribution in [2.75, 3.05) is 13.7 Å². The SMILES string of the molecule is COc1cc(CCC(N)(CO)CC2CC2)ccc1O[C@@H](C)CCCC(C)C. The number of methoxy groups -OCH3 is 1. The van der Waals surface area contributed by atoms with E-state index in [-0.39, 0.29) is 12.7 Å². The average molecular weight is 378 g/mol. The Morgan fingerprint density at radius 2 is 1.93 bits per heavy atom. The van der Waals surface area contributed by atoms with E-state index in [2.05, 4.69) is 26.8 Å². The van der Waals surface area contributed by atoms with Gasteiger partial charge in [-0.05, 0) is 68.6 Å². The van der Waals surface area contributed by atoms with Gasteiger partial charge in [0.25, 0.3) is 0 Å². The average Bonchev–Trinajstić information content (AvgIpc) is 3.44. The van der Waals surface area contributed by atoms with Crippen LogP contribution >= 0.6 is 0 Å². The van der Waals surface area contributed by atoms with Crippen molar-refractivity contribution in [1.82, 2.24) is 0 Å². The smallest absolute Gasteiger partial charge is 0.161 e. The van der Waals surface area contributed by atoms with Crippen molar-refractivity contribution in [3.63, 3.8) is 0 Å². The lowest BCUT2D eigenvalue weighted by atomic mass is 9.88. The summed E-state index contributed by atoms with van der Waals surface area (Å²) in [4.78, 5) is 0. The van der Waals surface area contributed by atoms with Crippen molar-refractivity contribution in [3.05, 3.63) is 23.8 Å². The summed E-state index contributed by atoms with van der Waals surface area (Å²) >= 11 is 0. The number of benzene rings is 1. The fourth-order valence-electron chi connectivity index (χ4n) is 3.59. The van der Waals surface area contributed by atoms with Crippen molar-refractivity contribution < 1.29 is 14.6 Å². The molecule has 1 aliphatic carbocycles. The molecule has 0 spiro atoms. The molecule has 3 N–H and O–H groups in total. The second-order valence-electron chi connectivity index (χ2n) is 8.91. The Morgan fingerprint density at radius 1 is 1.19 bits per heavy atom. The number of hydrogen-bond donors (Lipinski definition) is 2. The molecular weight excluding hydrogens is 338 g/mol. The number of aliphatic hydroxyl groups excluding tert-OH is 1. The van der Waals surface area contributed by atoms with E-state index in [1.165, 1.54) is 31.2 Å². The van der Waals surface area contributed by atoms with Crippen LogP contribution in [0.25, 0.3) is 0 Å². The molecule has 0 heterocycles. The first-order valence-corrected chi connectivity index (χ1v) is 10.6. The lowest BCUT2D eigenvalue weighted by molar-refractivity contribution is 0.172. The fraction of sp³-hybridized carbons (Fsp3) is 0.739. The zero-order valence-corrected chi connectivity index (χ0v) is 17.7. The Kier molecular flexibility index (Phi) is 8.43. The fourth-order valence-corrected chi connectivity index (χ4v) is 3.59. The molecule has 0 aromatic heterocycles. The monoisotopic (exact) mass is 377 g/mol. The largest absolute Gasteiger partial charge is 0.493 e. The number of hydrogen-bond acceptors (Lipinski definition) is 4. The Morgan fingerprint density at radius 3 is 2.52 bits per heavy atom. The molecule has 2 rings (SSSR count). The molecule has 2 atom stereocenters. The first-order valence-electron chi connectivity index (χ1n) is 10.6. The number of nitrogens with two attached hydrogens (primary N) is 1. The molecule has 0 radical (unpaired) electrons. The minimum atomic E-state index is -0.464. The van der Waals surface area contributed by atoms with Gasteiger partial charge in [-0.1, -0.05) is 39.2 Å². The van der Waals surface area contributed by atoms with Gasteiger partial charge in [-0.2, -0.15) is 0 Å². The van der Waals surface area contributed by atoms with Crippen LogP contribution in [0.1, 0.15) is 71.3 Å². The quantitative estimate of drug-likeness (QED) is 0.522. The summed E-state index contributed by atoms with van der Waals surface area (Å²) in [6.07, 6.45) is 8.71. The summed E-state index contributed by atoms with van der Waals surface area (Å²) in [5, 5.41) is 9.72. The molecule has 1 fully saturated rings. The highest BCUT2D eigenvalue weighted by molar-refractivity contribution is 5.43. The highest BCUT2D eigenvalue weighted by Gasteiger charge is 2.33. The van der Waals surface area contributed by atoms with Crippen LogP contribution in [-0.4, -0.2) is 30.5 Å². The maximum Gasteiger partial charge on any atom is 0.161 e. The summed E-state index contributed by atoms with van der Waals surface area (Å²) in [7, 11) is 1.68. The summed E-state index contributed by atoms with van der Waals surface area (Å²) in [5.74, 6) is 3.03. The molecule has 0 amide bonds. The maximum absolute atomic E-state index is 9.72. The highest BCUT2D eigenvalue weighted by atomic mass is 16.5. The standard InChI is InChI=1S/C23H39NO3/c1-17(2)6-5-7-18(3)27-21-11-10-19(14-22(21)26-4)12-13-23(24,16-25)15-20-8-9-20/h10-11,14,17-18,20,25H,5-9,12-13,15-16,24H2,1-4H3/t18-,23?/m0/s1. The molecule has 1 aliphatic rings. The topological polar surface area (TPSA) is 64.7 Å². The van der Waals surface area contributed by atoms with Crippen LogP contribution in [0.4, 0.5) is 0 Å². The Bertz CT molecular complexity index is 571. The number of rotatable bonds is 13. The molecule has 4 nitrogen and oxygen atoms in total. The molecule has 154 valence electrons. The van der Waals surface area contributed by atoms with Crippen LogP contribution in [0.3, 0.4) is 0 Å². The highest BCUT2D eigenvalue weighted by Crippen LogP contribution is 2.37. The lowest BCUT2D eigenvalue weighted by Crippen LogP contribution is -2.44. The second kappa shape index (κ2) is 10.3. The Balaban J connectivity index is 1.90. The predicted molar refractivity (Wildman–Crippen MR) is 111 cm³/mol. The molecule has 27 heavy (non-hydrogen) atoms. The Labute approximate surface area is 165 Å². The van der Waals surface area contributed by atoms with E-state index >= 15 is 0 Å². The molecule has 0 bridgehead atoms. The van der Waals surface area contributed by atoms with Crippen LogP contribution in [-0.2, 0) is 6.42 Å². The van der Waals surface area contributed by atoms with Crippen LogP contribution in [0.15, 0.2) is 18.2 Å². The minimum absolute atomic E-state index is 0.0513. The van der Waals surface area contributed by atoms with Crippen LogP contribution < -0.4 is 15.2 Å². The normalized spacial score (nSPS) is 17.6. The van der Waals surface area contributed by atoms with Crippen molar-refractivity contribution in [2.45, 2.75) is 83.8 Å². The van der Waals surface area contributed by atoms with Gasteiger partial charge in [0.1, 0.15) is 0 Å². The van der Waals surface area contributed by atoms with Gasteiger partial charge in [-0.25, -0.2) is 0 Å². The van der Waals surface area contributed by atoms with E-state index in [0.29, 0.717) is 5.92 Å². The zero-order chi connectivity index (χ0) is 19.9. The van der Waals surface area contributed by atoms with Crippen molar-refractivity contribution >= 4 is 0 Å². The predicted octanol–water partition coefficient (Wildman–Crippen LogP) is 4.71. The molecule has 0 saturated heterocycles. The van der Waals surface area contributed by atoms with Gasteiger partial charge in [0.05, 0.1) is 19.8 Å². The zero-order valence-electron chi connectivity index (χ0n) is 17.7. The van der Waals surface area contributed by atoms with Gasteiger partial charge in [0, 0.05) is 5.54 Å². The molecule has 0 aliphatic heterocycles. The minimum Gasteiger partial charge on any atom is -0.493 e. The third kappa shape index (κ3) is 7.71. The number of aliphatic hydroxyl groups is 1. The number of aryl methyl sites for hydroxylation is 1. The van der Waals surface area contributed by atoms with E-state index in [4.69, 9.17) is 15.2 Å². The van der Waals surface area contributed by atoms with E-state index in [1.54, 1.807) is 7.11 Å². The van der Waals surface area contributed by atoms with Crippen LogP contribution in [0, 0.1) is 11.8 Å². The van der Waals surface area contributed by atoms with E-state index in [9.17, 15) is 5.11 Å². The third-order valence-electron chi connectivity index (χ3n) is 5.57. The third-order valence-corrected chi connectivity index (χ3v) is 5.57. The molecule has 4 heteroatoms. The molecule has 1 aromatic rings. The molecular formula is C23H39NO3. The van der Waals surface area contributed by atoms with Crippen molar-refractivity contribution in [3.8, 4) is 11.5 Å². The molecule has 1 unspecified atom stereocenters. The summed E-state index contributed by atoms with van der Waals surface area (Å²) in [5.41, 5.74) is 7.12. The van der Waals surface area contributed by atoms with Gasteiger partial charge in [0.15, 0.2) is 11.5 Å². The number of ether oxygens (including phenoxy) is 2.